The summed E-state index contributed by atoms with van der Waals surface area (Å²) in [7, 11) is 0. The molecule has 0 spiro atoms. The molecular formula is C18H11N3. The third kappa shape index (κ3) is 1.70. The van der Waals surface area contributed by atoms with Crippen molar-refractivity contribution in [2.75, 3.05) is 0 Å². The molecule has 0 amide bonds. The maximum atomic E-state index is 8.94. The number of benzene rings is 2. The highest BCUT2D eigenvalue weighted by Gasteiger charge is 2.11. The Labute approximate surface area is 121 Å². The van der Waals surface area contributed by atoms with Crippen molar-refractivity contribution in [2.24, 2.45) is 0 Å². The SMILES string of the molecule is N#Cc1ccc(-n2c3ccccc3c3ncccc32)cc1. The van der Waals surface area contributed by atoms with Crippen LogP contribution in [0.15, 0.2) is 66.9 Å². The van der Waals surface area contributed by atoms with E-state index in [1.165, 1.54) is 0 Å². The number of hydrogen-bond donors (Lipinski definition) is 0. The number of nitrogens with zero attached hydrogens (tertiary/aromatic N) is 3. The number of hydrogen-bond acceptors (Lipinski definition) is 2. The molecule has 0 aliphatic rings. The van der Waals surface area contributed by atoms with Crippen molar-refractivity contribution in [1.82, 2.24) is 9.55 Å². The van der Waals surface area contributed by atoms with Gasteiger partial charge < -0.3 is 4.57 Å². The van der Waals surface area contributed by atoms with Crippen molar-refractivity contribution in [3.8, 4) is 11.8 Å². The van der Waals surface area contributed by atoms with Crippen LogP contribution in [0.4, 0.5) is 0 Å². The van der Waals surface area contributed by atoms with Gasteiger partial charge >= 0.3 is 0 Å². The Morgan fingerprint density at radius 1 is 0.857 bits per heavy atom. The lowest BCUT2D eigenvalue weighted by Crippen LogP contribution is -1.93. The van der Waals surface area contributed by atoms with E-state index in [0.717, 1.165) is 27.6 Å². The molecule has 0 atom stereocenters. The monoisotopic (exact) mass is 269 g/mol. The van der Waals surface area contributed by atoms with Gasteiger partial charge in [0.1, 0.15) is 0 Å². The highest BCUT2D eigenvalue weighted by molar-refractivity contribution is 6.06. The van der Waals surface area contributed by atoms with Crippen LogP contribution >= 0.6 is 0 Å². The van der Waals surface area contributed by atoms with Gasteiger partial charge in [-0.3, -0.25) is 4.98 Å². The number of pyridine rings is 1. The van der Waals surface area contributed by atoms with E-state index in [1.807, 2.05) is 48.7 Å². The van der Waals surface area contributed by atoms with E-state index < -0.39 is 0 Å². The highest BCUT2D eigenvalue weighted by Crippen LogP contribution is 2.30. The standard InChI is InChI=1S/C18H11N3/c19-12-13-7-9-14(10-8-13)21-16-5-2-1-4-15(16)18-17(21)6-3-11-20-18/h1-11H. The van der Waals surface area contributed by atoms with Gasteiger partial charge in [-0.2, -0.15) is 5.26 Å². The van der Waals surface area contributed by atoms with Crippen LogP contribution in [-0.2, 0) is 0 Å². The van der Waals surface area contributed by atoms with Crippen LogP contribution in [-0.4, -0.2) is 9.55 Å². The van der Waals surface area contributed by atoms with Crippen LogP contribution < -0.4 is 0 Å². The second-order valence-electron chi connectivity index (χ2n) is 4.88. The predicted octanol–water partition coefficient (Wildman–Crippen LogP) is 4.05. The average molecular weight is 269 g/mol. The van der Waals surface area contributed by atoms with E-state index in [2.05, 4.69) is 33.8 Å². The summed E-state index contributed by atoms with van der Waals surface area (Å²) in [6.07, 6.45) is 1.82. The van der Waals surface area contributed by atoms with Crippen molar-refractivity contribution in [2.45, 2.75) is 0 Å². The summed E-state index contributed by atoms with van der Waals surface area (Å²) in [5.74, 6) is 0. The first-order valence-electron chi connectivity index (χ1n) is 6.73. The fourth-order valence-corrected chi connectivity index (χ4v) is 2.75. The lowest BCUT2D eigenvalue weighted by atomic mass is 10.2. The molecular weight excluding hydrogens is 258 g/mol. The summed E-state index contributed by atoms with van der Waals surface area (Å²) in [5, 5.41) is 10.1. The third-order valence-electron chi connectivity index (χ3n) is 3.68. The van der Waals surface area contributed by atoms with E-state index in [-0.39, 0.29) is 0 Å². The number of rotatable bonds is 1. The van der Waals surface area contributed by atoms with Gasteiger partial charge in [-0.15, -0.1) is 0 Å². The second-order valence-corrected chi connectivity index (χ2v) is 4.88. The molecule has 0 radical (unpaired) electrons. The van der Waals surface area contributed by atoms with Gasteiger partial charge in [0, 0.05) is 17.3 Å². The fourth-order valence-electron chi connectivity index (χ4n) is 2.75. The normalized spacial score (nSPS) is 10.8. The molecule has 0 saturated carbocycles. The van der Waals surface area contributed by atoms with E-state index in [4.69, 9.17) is 5.26 Å². The van der Waals surface area contributed by atoms with Gasteiger partial charge in [0.25, 0.3) is 0 Å². The van der Waals surface area contributed by atoms with Crippen molar-refractivity contribution in [3.05, 3.63) is 72.4 Å². The average Bonchev–Trinajstić information content (AvgIpc) is 2.90. The zero-order valence-electron chi connectivity index (χ0n) is 11.2. The van der Waals surface area contributed by atoms with Crippen molar-refractivity contribution >= 4 is 21.9 Å². The Hall–Kier alpha value is -3.12. The summed E-state index contributed by atoms with van der Waals surface area (Å²) in [6.45, 7) is 0. The molecule has 0 aliphatic heterocycles. The zero-order chi connectivity index (χ0) is 14.2. The number of nitriles is 1. The Kier molecular flexibility index (Phi) is 2.48. The number of para-hydroxylation sites is 1. The van der Waals surface area contributed by atoms with Crippen LogP contribution in [0.25, 0.3) is 27.6 Å². The van der Waals surface area contributed by atoms with Gasteiger partial charge in [0.15, 0.2) is 0 Å². The Balaban J connectivity index is 2.12. The molecule has 0 unspecified atom stereocenters. The zero-order valence-corrected chi connectivity index (χ0v) is 11.2. The highest BCUT2D eigenvalue weighted by atomic mass is 15.0. The first kappa shape index (κ1) is 11.7. The second kappa shape index (κ2) is 4.46. The molecule has 2 aromatic carbocycles. The summed E-state index contributed by atoms with van der Waals surface area (Å²) < 4.78 is 2.18. The molecule has 4 aromatic rings. The van der Waals surface area contributed by atoms with E-state index in [0.29, 0.717) is 5.56 Å². The molecule has 3 nitrogen and oxygen atoms in total. The summed E-state index contributed by atoms with van der Waals surface area (Å²) >= 11 is 0. The molecule has 98 valence electrons. The minimum Gasteiger partial charge on any atom is -0.308 e. The van der Waals surface area contributed by atoms with Gasteiger partial charge in [-0.25, -0.2) is 0 Å². The van der Waals surface area contributed by atoms with Crippen molar-refractivity contribution in [1.29, 1.82) is 5.26 Å². The summed E-state index contributed by atoms with van der Waals surface area (Å²) in [5.41, 5.74) is 4.89. The Bertz CT molecular complexity index is 935. The topological polar surface area (TPSA) is 41.6 Å². The lowest BCUT2D eigenvalue weighted by Gasteiger charge is -2.07. The largest absolute Gasteiger partial charge is 0.308 e. The fraction of sp³-hybridized carbons (Fsp3) is 0. The number of fused-ring (bicyclic) bond motifs is 3. The molecule has 0 N–H and O–H groups in total. The van der Waals surface area contributed by atoms with Gasteiger partial charge in [0.2, 0.25) is 0 Å². The lowest BCUT2D eigenvalue weighted by molar-refractivity contribution is 1.17. The van der Waals surface area contributed by atoms with Gasteiger partial charge in [-0.1, -0.05) is 18.2 Å². The third-order valence-corrected chi connectivity index (χ3v) is 3.68. The quantitative estimate of drug-likeness (QED) is 0.523. The van der Waals surface area contributed by atoms with Crippen LogP contribution in [0.2, 0.25) is 0 Å². The van der Waals surface area contributed by atoms with Gasteiger partial charge in [0.05, 0.1) is 28.2 Å². The molecule has 3 heteroatoms. The first-order chi connectivity index (χ1) is 10.4. The minimum atomic E-state index is 0.664. The molecule has 2 aromatic heterocycles. The smallest absolute Gasteiger partial charge is 0.0991 e. The molecule has 21 heavy (non-hydrogen) atoms. The van der Waals surface area contributed by atoms with Gasteiger partial charge in [-0.05, 0) is 42.5 Å². The number of aromatic nitrogens is 2. The van der Waals surface area contributed by atoms with Crippen molar-refractivity contribution < 1.29 is 0 Å². The van der Waals surface area contributed by atoms with E-state index in [9.17, 15) is 0 Å². The Morgan fingerprint density at radius 3 is 2.43 bits per heavy atom. The predicted molar refractivity (Wildman–Crippen MR) is 83.3 cm³/mol. The molecule has 0 saturated heterocycles. The summed E-state index contributed by atoms with van der Waals surface area (Å²) in [4.78, 5) is 4.52. The first-order valence-corrected chi connectivity index (χ1v) is 6.73. The minimum absolute atomic E-state index is 0.664. The summed E-state index contributed by atoms with van der Waals surface area (Å²) in [6, 6.07) is 22.0. The van der Waals surface area contributed by atoms with Crippen LogP contribution in [0, 0.1) is 11.3 Å². The van der Waals surface area contributed by atoms with Crippen molar-refractivity contribution in [3.63, 3.8) is 0 Å². The van der Waals surface area contributed by atoms with E-state index in [1.54, 1.807) is 0 Å². The van der Waals surface area contributed by atoms with E-state index >= 15 is 0 Å². The molecule has 4 rings (SSSR count). The Morgan fingerprint density at radius 2 is 1.62 bits per heavy atom. The van der Waals surface area contributed by atoms with Crippen LogP contribution in [0.1, 0.15) is 5.56 Å². The molecule has 0 bridgehead atoms. The molecule has 0 fully saturated rings. The van der Waals surface area contributed by atoms with Crippen LogP contribution in [0.5, 0.6) is 0 Å². The molecule has 2 heterocycles. The maximum Gasteiger partial charge on any atom is 0.0991 e. The van der Waals surface area contributed by atoms with Crippen LogP contribution in [0.3, 0.4) is 0 Å². The molecule has 0 aliphatic carbocycles. The maximum absolute atomic E-state index is 8.94.